The normalized spacial score (nSPS) is 10.8. The van der Waals surface area contributed by atoms with Crippen molar-refractivity contribution in [3.8, 4) is 11.4 Å². The summed E-state index contributed by atoms with van der Waals surface area (Å²) in [4.78, 5) is 31.3. The van der Waals surface area contributed by atoms with E-state index in [4.69, 9.17) is 4.74 Å². The largest absolute Gasteiger partial charge is 0.494 e. The molecule has 0 saturated carbocycles. The van der Waals surface area contributed by atoms with Crippen LogP contribution in [0.1, 0.15) is 6.92 Å². The van der Waals surface area contributed by atoms with E-state index in [0.29, 0.717) is 28.4 Å². The maximum absolute atomic E-state index is 13.1. The number of fused-ring (bicyclic) bond motifs is 1. The minimum absolute atomic E-state index is 0.0411. The van der Waals surface area contributed by atoms with Crippen LogP contribution in [0.4, 0.5) is 0 Å². The van der Waals surface area contributed by atoms with Gasteiger partial charge in [0.2, 0.25) is 5.91 Å². The molecule has 140 valence electrons. The van der Waals surface area contributed by atoms with Crippen molar-refractivity contribution < 1.29 is 9.53 Å². The van der Waals surface area contributed by atoms with Gasteiger partial charge in [0.05, 0.1) is 29.0 Å². The van der Waals surface area contributed by atoms with Gasteiger partial charge in [-0.3, -0.25) is 14.2 Å². The van der Waals surface area contributed by atoms with Gasteiger partial charge in [-0.2, -0.15) is 0 Å². The Morgan fingerprint density at radius 3 is 2.52 bits per heavy atom. The number of aromatic nitrogens is 2. The molecule has 0 unspecified atom stereocenters. The molecule has 3 rings (SSSR count). The zero-order valence-electron chi connectivity index (χ0n) is 15.5. The Kier molecular flexibility index (Phi) is 5.81. The Hall–Kier alpha value is -2.80. The maximum atomic E-state index is 13.1. The summed E-state index contributed by atoms with van der Waals surface area (Å²) in [6.07, 6.45) is 0. The highest BCUT2D eigenvalue weighted by atomic mass is 32.2. The Labute approximate surface area is 161 Å². The van der Waals surface area contributed by atoms with E-state index in [9.17, 15) is 9.59 Å². The third kappa shape index (κ3) is 4.14. The van der Waals surface area contributed by atoms with E-state index in [1.807, 2.05) is 43.3 Å². The predicted octanol–water partition coefficient (Wildman–Crippen LogP) is 2.96. The second-order valence-electron chi connectivity index (χ2n) is 6.06. The van der Waals surface area contributed by atoms with Crippen LogP contribution >= 0.6 is 11.8 Å². The molecule has 1 heterocycles. The summed E-state index contributed by atoms with van der Waals surface area (Å²) in [6, 6.07) is 14.5. The lowest BCUT2D eigenvalue weighted by molar-refractivity contribution is -0.125. The Bertz CT molecular complexity index is 1010. The average Bonchev–Trinajstić information content (AvgIpc) is 2.67. The number of ether oxygens (including phenoxy) is 1. The van der Waals surface area contributed by atoms with Gasteiger partial charge in [-0.1, -0.05) is 23.9 Å². The molecule has 2 aromatic carbocycles. The van der Waals surface area contributed by atoms with Crippen LogP contribution in [0.3, 0.4) is 0 Å². The van der Waals surface area contributed by atoms with E-state index in [2.05, 4.69) is 4.98 Å². The number of thioether (sulfide) groups is 1. The minimum Gasteiger partial charge on any atom is -0.494 e. The highest BCUT2D eigenvalue weighted by Gasteiger charge is 2.15. The summed E-state index contributed by atoms with van der Waals surface area (Å²) in [5.41, 5.74) is 1.13. The number of carbonyl (C=O) groups excluding carboxylic acids is 1. The molecule has 7 heteroatoms. The van der Waals surface area contributed by atoms with Gasteiger partial charge in [0.1, 0.15) is 5.75 Å². The molecule has 0 N–H and O–H groups in total. The van der Waals surface area contributed by atoms with Crippen molar-refractivity contribution in [2.75, 3.05) is 26.5 Å². The van der Waals surface area contributed by atoms with Crippen molar-refractivity contribution in [1.82, 2.24) is 14.5 Å². The first-order valence-corrected chi connectivity index (χ1v) is 9.57. The highest BCUT2D eigenvalue weighted by Crippen LogP contribution is 2.23. The highest BCUT2D eigenvalue weighted by molar-refractivity contribution is 7.99. The molecular formula is C20H21N3O3S. The van der Waals surface area contributed by atoms with Gasteiger partial charge < -0.3 is 9.64 Å². The van der Waals surface area contributed by atoms with Crippen LogP contribution in [0.15, 0.2) is 58.5 Å². The van der Waals surface area contributed by atoms with Gasteiger partial charge >= 0.3 is 0 Å². The van der Waals surface area contributed by atoms with Gasteiger partial charge in [-0.05, 0) is 43.3 Å². The lowest BCUT2D eigenvalue weighted by Gasteiger charge is -2.15. The smallest absolute Gasteiger partial charge is 0.266 e. The first kappa shape index (κ1) is 19.0. The van der Waals surface area contributed by atoms with Crippen molar-refractivity contribution >= 4 is 28.6 Å². The Morgan fingerprint density at radius 1 is 1.15 bits per heavy atom. The van der Waals surface area contributed by atoms with Crippen LogP contribution in [0.2, 0.25) is 0 Å². The molecule has 0 bridgehead atoms. The lowest BCUT2D eigenvalue weighted by Crippen LogP contribution is -2.25. The number of carbonyl (C=O) groups is 1. The number of benzene rings is 2. The van der Waals surface area contributed by atoms with Crippen LogP contribution in [-0.4, -0.2) is 46.8 Å². The third-order valence-corrected chi connectivity index (χ3v) is 4.90. The second kappa shape index (κ2) is 8.26. The standard InChI is InChI=1S/C20H21N3O3S/c1-4-26-15-11-9-14(10-12-15)23-19(25)16-7-5-6-8-17(16)21-20(23)27-13-18(24)22(2)3/h5-12H,4,13H2,1-3H3. The van der Waals surface area contributed by atoms with Gasteiger partial charge in [-0.25, -0.2) is 4.98 Å². The SMILES string of the molecule is CCOc1ccc(-n2c(SCC(=O)N(C)C)nc3ccccc3c2=O)cc1. The molecule has 0 radical (unpaired) electrons. The number of hydrogen-bond donors (Lipinski definition) is 0. The average molecular weight is 383 g/mol. The number of rotatable bonds is 6. The molecular weight excluding hydrogens is 362 g/mol. The zero-order chi connectivity index (χ0) is 19.4. The van der Waals surface area contributed by atoms with Crippen molar-refractivity contribution in [1.29, 1.82) is 0 Å². The molecule has 0 spiro atoms. The fraction of sp³-hybridized carbons (Fsp3) is 0.250. The molecule has 0 aliphatic carbocycles. The van der Waals surface area contributed by atoms with Crippen LogP contribution in [0.25, 0.3) is 16.6 Å². The fourth-order valence-electron chi connectivity index (χ4n) is 2.55. The van der Waals surface area contributed by atoms with E-state index in [1.165, 1.54) is 16.7 Å². The fourth-order valence-corrected chi connectivity index (χ4v) is 3.54. The number of nitrogens with zero attached hydrogens (tertiary/aromatic N) is 3. The lowest BCUT2D eigenvalue weighted by atomic mass is 10.2. The molecule has 0 atom stereocenters. The van der Waals surface area contributed by atoms with Crippen LogP contribution < -0.4 is 10.3 Å². The molecule has 0 fully saturated rings. The second-order valence-corrected chi connectivity index (χ2v) is 7.00. The number of para-hydroxylation sites is 1. The van der Waals surface area contributed by atoms with E-state index >= 15 is 0 Å². The van der Waals surface area contributed by atoms with Crippen molar-refractivity contribution in [3.63, 3.8) is 0 Å². The molecule has 3 aromatic rings. The maximum Gasteiger partial charge on any atom is 0.266 e. The van der Waals surface area contributed by atoms with Crippen molar-refractivity contribution in [3.05, 3.63) is 58.9 Å². The molecule has 6 nitrogen and oxygen atoms in total. The number of amides is 1. The summed E-state index contributed by atoms with van der Waals surface area (Å²) >= 11 is 1.25. The van der Waals surface area contributed by atoms with E-state index < -0.39 is 0 Å². The Balaban J connectivity index is 2.10. The molecule has 0 saturated heterocycles. The van der Waals surface area contributed by atoms with E-state index in [0.717, 1.165) is 5.75 Å². The summed E-state index contributed by atoms with van der Waals surface area (Å²) in [7, 11) is 3.41. The van der Waals surface area contributed by atoms with Crippen LogP contribution in [0.5, 0.6) is 5.75 Å². The van der Waals surface area contributed by atoms with Crippen molar-refractivity contribution in [2.24, 2.45) is 0 Å². The van der Waals surface area contributed by atoms with Gasteiger partial charge in [0, 0.05) is 14.1 Å². The molecule has 27 heavy (non-hydrogen) atoms. The molecule has 1 aromatic heterocycles. The first-order chi connectivity index (χ1) is 13.0. The summed E-state index contributed by atoms with van der Waals surface area (Å²) in [5, 5.41) is 1.02. The molecule has 1 amide bonds. The van der Waals surface area contributed by atoms with Gasteiger partial charge in [0.25, 0.3) is 5.56 Å². The first-order valence-electron chi connectivity index (χ1n) is 8.59. The minimum atomic E-state index is -0.162. The van der Waals surface area contributed by atoms with Crippen LogP contribution in [0, 0.1) is 0 Å². The van der Waals surface area contributed by atoms with Gasteiger partial charge in [0.15, 0.2) is 5.16 Å². The summed E-state index contributed by atoms with van der Waals surface area (Å²) in [6.45, 7) is 2.49. The predicted molar refractivity (Wildman–Crippen MR) is 108 cm³/mol. The van der Waals surface area contributed by atoms with Crippen LogP contribution in [-0.2, 0) is 4.79 Å². The van der Waals surface area contributed by atoms with Gasteiger partial charge in [-0.15, -0.1) is 0 Å². The quantitative estimate of drug-likeness (QED) is 0.484. The molecule has 0 aliphatic heterocycles. The third-order valence-electron chi connectivity index (χ3n) is 3.97. The number of hydrogen-bond acceptors (Lipinski definition) is 5. The topological polar surface area (TPSA) is 64.4 Å². The monoisotopic (exact) mass is 383 g/mol. The Morgan fingerprint density at radius 2 is 1.85 bits per heavy atom. The molecule has 0 aliphatic rings. The van der Waals surface area contributed by atoms with E-state index in [-0.39, 0.29) is 17.2 Å². The zero-order valence-corrected chi connectivity index (χ0v) is 16.3. The summed E-state index contributed by atoms with van der Waals surface area (Å²) < 4.78 is 7.02. The van der Waals surface area contributed by atoms with Crippen molar-refractivity contribution in [2.45, 2.75) is 12.1 Å². The summed E-state index contributed by atoms with van der Waals surface area (Å²) in [5.74, 6) is 0.898. The van der Waals surface area contributed by atoms with E-state index in [1.54, 1.807) is 30.8 Å².